The van der Waals surface area contributed by atoms with Crippen LogP contribution < -0.4 is 10.5 Å². The van der Waals surface area contributed by atoms with E-state index in [4.69, 9.17) is 15.6 Å². The number of carbonyl (C=O) groups is 1. The lowest BCUT2D eigenvalue weighted by Gasteiger charge is -2.10. The lowest BCUT2D eigenvalue weighted by atomic mass is 10.1. The summed E-state index contributed by atoms with van der Waals surface area (Å²) in [6.45, 7) is 2.16. The van der Waals surface area contributed by atoms with Gasteiger partial charge in [0.1, 0.15) is 6.04 Å². The van der Waals surface area contributed by atoms with Gasteiger partial charge in [0.25, 0.3) is 0 Å². The summed E-state index contributed by atoms with van der Waals surface area (Å²) in [4.78, 5) is 10.6. The number of ether oxygens (including phenoxy) is 1. The molecule has 0 aliphatic heterocycles. The molecule has 0 bridgehead atoms. The SMILES string of the molecule is CCOc1cc([C@@H](N)C(=O)O)ccc1O. The Kier molecular flexibility index (Phi) is 3.51. The molecule has 0 heterocycles. The Morgan fingerprint density at radius 3 is 2.80 bits per heavy atom. The highest BCUT2D eigenvalue weighted by molar-refractivity contribution is 5.75. The maximum absolute atomic E-state index is 10.6. The van der Waals surface area contributed by atoms with Crippen molar-refractivity contribution in [1.82, 2.24) is 0 Å². The predicted octanol–water partition coefficient (Wildman–Crippen LogP) is 0.875. The summed E-state index contributed by atoms with van der Waals surface area (Å²) in [5.41, 5.74) is 5.81. The third-order valence-corrected chi connectivity index (χ3v) is 1.91. The first-order chi connectivity index (χ1) is 7.06. The van der Waals surface area contributed by atoms with Crippen LogP contribution in [-0.4, -0.2) is 22.8 Å². The summed E-state index contributed by atoms with van der Waals surface area (Å²) < 4.78 is 5.11. The molecule has 5 heteroatoms. The molecule has 0 spiro atoms. The maximum Gasteiger partial charge on any atom is 0.325 e. The van der Waals surface area contributed by atoms with E-state index >= 15 is 0 Å². The molecule has 1 atom stereocenters. The van der Waals surface area contributed by atoms with Crippen LogP contribution in [0.2, 0.25) is 0 Å². The van der Waals surface area contributed by atoms with Crippen molar-refractivity contribution in [3.8, 4) is 11.5 Å². The average molecular weight is 211 g/mol. The molecule has 0 fully saturated rings. The molecule has 0 radical (unpaired) electrons. The van der Waals surface area contributed by atoms with Crippen molar-refractivity contribution in [3.05, 3.63) is 23.8 Å². The van der Waals surface area contributed by atoms with Gasteiger partial charge in [0.15, 0.2) is 11.5 Å². The Morgan fingerprint density at radius 1 is 1.60 bits per heavy atom. The van der Waals surface area contributed by atoms with Crippen molar-refractivity contribution < 1.29 is 19.7 Å². The Morgan fingerprint density at radius 2 is 2.27 bits per heavy atom. The molecule has 15 heavy (non-hydrogen) atoms. The summed E-state index contributed by atoms with van der Waals surface area (Å²) in [5, 5.41) is 18.1. The van der Waals surface area contributed by atoms with Crippen LogP contribution in [0.4, 0.5) is 0 Å². The number of aliphatic carboxylic acids is 1. The molecule has 5 nitrogen and oxygen atoms in total. The summed E-state index contributed by atoms with van der Waals surface area (Å²) in [6, 6.07) is 3.14. The van der Waals surface area contributed by atoms with E-state index in [2.05, 4.69) is 0 Å². The molecular formula is C10H13NO4. The van der Waals surface area contributed by atoms with Crippen LogP contribution in [0.25, 0.3) is 0 Å². The van der Waals surface area contributed by atoms with E-state index in [1.54, 1.807) is 6.92 Å². The first-order valence-electron chi connectivity index (χ1n) is 4.50. The normalized spacial score (nSPS) is 12.1. The van der Waals surface area contributed by atoms with Crippen LogP contribution in [0, 0.1) is 0 Å². The predicted molar refractivity (Wildman–Crippen MR) is 53.8 cm³/mol. The average Bonchev–Trinajstić information content (AvgIpc) is 2.20. The van der Waals surface area contributed by atoms with Gasteiger partial charge < -0.3 is 20.7 Å². The number of phenols is 1. The third kappa shape index (κ3) is 2.60. The Bertz CT molecular complexity index is 364. The number of carboxylic acid groups (broad SMARTS) is 1. The van der Waals surface area contributed by atoms with Crippen molar-refractivity contribution in [2.45, 2.75) is 13.0 Å². The Labute approximate surface area is 87.1 Å². The molecule has 0 saturated heterocycles. The minimum absolute atomic E-state index is 0.0295. The number of hydrogen-bond acceptors (Lipinski definition) is 4. The van der Waals surface area contributed by atoms with Crippen LogP contribution in [0.1, 0.15) is 18.5 Å². The molecule has 0 aliphatic carbocycles. The Balaban J connectivity index is 3.01. The minimum Gasteiger partial charge on any atom is -0.504 e. The standard InChI is InChI=1S/C10H13NO4/c1-2-15-8-5-6(3-4-7(8)12)9(11)10(13)14/h3-5,9,12H,2,11H2,1H3,(H,13,14)/t9-/m1/s1. The van der Waals surface area contributed by atoms with Gasteiger partial charge in [0, 0.05) is 0 Å². The van der Waals surface area contributed by atoms with Crippen LogP contribution >= 0.6 is 0 Å². The van der Waals surface area contributed by atoms with Gasteiger partial charge in [-0.3, -0.25) is 4.79 Å². The van der Waals surface area contributed by atoms with E-state index in [0.717, 1.165) is 0 Å². The molecule has 0 unspecified atom stereocenters. The summed E-state index contributed by atoms with van der Waals surface area (Å²) in [6.07, 6.45) is 0. The number of carboxylic acids is 1. The number of aromatic hydroxyl groups is 1. The zero-order valence-electron chi connectivity index (χ0n) is 8.30. The first kappa shape index (κ1) is 11.3. The van der Waals surface area contributed by atoms with Crippen molar-refractivity contribution in [2.24, 2.45) is 5.73 Å². The van der Waals surface area contributed by atoms with Gasteiger partial charge in [0.2, 0.25) is 0 Å². The molecule has 0 aliphatic rings. The van der Waals surface area contributed by atoms with E-state index in [-0.39, 0.29) is 11.5 Å². The highest BCUT2D eigenvalue weighted by Crippen LogP contribution is 2.28. The lowest BCUT2D eigenvalue weighted by Crippen LogP contribution is -2.20. The van der Waals surface area contributed by atoms with E-state index in [1.165, 1.54) is 18.2 Å². The van der Waals surface area contributed by atoms with E-state index < -0.39 is 12.0 Å². The van der Waals surface area contributed by atoms with Gasteiger partial charge in [-0.25, -0.2) is 0 Å². The van der Waals surface area contributed by atoms with Crippen LogP contribution in [0.15, 0.2) is 18.2 Å². The fourth-order valence-electron chi connectivity index (χ4n) is 1.14. The fourth-order valence-corrected chi connectivity index (χ4v) is 1.14. The molecule has 0 saturated carbocycles. The second-order valence-corrected chi connectivity index (χ2v) is 2.98. The van der Waals surface area contributed by atoms with Gasteiger partial charge in [-0.1, -0.05) is 6.07 Å². The van der Waals surface area contributed by atoms with Gasteiger partial charge in [0.05, 0.1) is 6.61 Å². The van der Waals surface area contributed by atoms with E-state index in [9.17, 15) is 9.90 Å². The van der Waals surface area contributed by atoms with Gasteiger partial charge in [-0.05, 0) is 24.6 Å². The van der Waals surface area contributed by atoms with Crippen LogP contribution in [0.3, 0.4) is 0 Å². The summed E-state index contributed by atoms with van der Waals surface area (Å²) >= 11 is 0. The molecule has 4 N–H and O–H groups in total. The lowest BCUT2D eigenvalue weighted by molar-refractivity contribution is -0.138. The number of rotatable bonds is 4. The second kappa shape index (κ2) is 4.65. The first-order valence-corrected chi connectivity index (χ1v) is 4.50. The second-order valence-electron chi connectivity index (χ2n) is 2.98. The van der Waals surface area contributed by atoms with Gasteiger partial charge in [-0.2, -0.15) is 0 Å². The molecule has 1 aromatic rings. The zero-order chi connectivity index (χ0) is 11.4. The highest BCUT2D eigenvalue weighted by Gasteiger charge is 2.16. The summed E-state index contributed by atoms with van der Waals surface area (Å²) in [5.74, 6) is -0.909. The minimum atomic E-state index is -1.12. The molecule has 0 aromatic heterocycles. The summed E-state index contributed by atoms with van der Waals surface area (Å²) in [7, 11) is 0. The highest BCUT2D eigenvalue weighted by atomic mass is 16.5. The van der Waals surface area contributed by atoms with E-state index in [0.29, 0.717) is 12.2 Å². The van der Waals surface area contributed by atoms with Crippen molar-refractivity contribution in [1.29, 1.82) is 0 Å². The molecule has 0 amide bonds. The number of phenolic OH excluding ortho intramolecular Hbond substituents is 1. The largest absolute Gasteiger partial charge is 0.504 e. The Hall–Kier alpha value is -1.75. The molecule has 1 rings (SSSR count). The number of nitrogens with two attached hydrogens (primary N) is 1. The molecule has 1 aromatic carbocycles. The maximum atomic E-state index is 10.6. The fraction of sp³-hybridized carbons (Fsp3) is 0.300. The van der Waals surface area contributed by atoms with E-state index in [1.807, 2.05) is 0 Å². The topological polar surface area (TPSA) is 92.8 Å². The van der Waals surface area contributed by atoms with Crippen LogP contribution in [-0.2, 0) is 4.79 Å². The monoisotopic (exact) mass is 211 g/mol. The van der Waals surface area contributed by atoms with Crippen molar-refractivity contribution in [2.75, 3.05) is 6.61 Å². The smallest absolute Gasteiger partial charge is 0.325 e. The third-order valence-electron chi connectivity index (χ3n) is 1.91. The van der Waals surface area contributed by atoms with Gasteiger partial charge in [-0.15, -0.1) is 0 Å². The van der Waals surface area contributed by atoms with Crippen LogP contribution in [0.5, 0.6) is 11.5 Å². The number of benzene rings is 1. The number of hydrogen-bond donors (Lipinski definition) is 3. The van der Waals surface area contributed by atoms with Crippen molar-refractivity contribution in [3.63, 3.8) is 0 Å². The quantitative estimate of drug-likeness (QED) is 0.687. The zero-order valence-corrected chi connectivity index (χ0v) is 8.30. The van der Waals surface area contributed by atoms with Crippen molar-refractivity contribution >= 4 is 5.97 Å². The molecular weight excluding hydrogens is 198 g/mol. The van der Waals surface area contributed by atoms with Gasteiger partial charge >= 0.3 is 5.97 Å². The molecule has 82 valence electrons.